The maximum Gasteiger partial charge on any atom is 0.417 e. The van der Waals surface area contributed by atoms with E-state index in [0.29, 0.717) is 0 Å². The third-order valence-electron chi connectivity index (χ3n) is 8.00. The standard InChI is InChI=1S/C26H29F4N3O7/c1-32(2)19-13-7-10-6-12-16(14(34)8-11(9-33(3)5-4-27)18(12)26(28,29)30)20(35)15(10)22(37)25(13,40)23(38)17(21(19)36)24(31)39/h8,10,13,19,34-35,38,40H,4-7,9H2,1-3H3,(H2,31,39)/t10-,13-,19-,25-/m0/s1. The Morgan fingerprint density at radius 1 is 1.18 bits per heavy atom. The van der Waals surface area contributed by atoms with Crippen LogP contribution in [0.4, 0.5) is 17.6 Å². The maximum absolute atomic E-state index is 14.4. The molecular weight excluding hydrogens is 542 g/mol. The number of Topliss-reactive ketones (excluding diaryl/α,β-unsaturated/α-hetero) is 2. The number of aromatic hydroxyl groups is 1. The Hall–Kier alpha value is -3.49. The molecule has 0 bridgehead atoms. The molecule has 0 heterocycles. The number of carbonyl (C=O) groups excluding carboxylic acids is 3. The number of primary amides is 1. The number of phenolic OH excluding ortho intramolecular Hbond substituents is 1. The number of aliphatic hydroxyl groups is 3. The fraction of sp³-hybridized carbons (Fsp3) is 0.500. The van der Waals surface area contributed by atoms with E-state index in [9.17, 15) is 52.4 Å². The highest BCUT2D eigenvalue weighted by molar-refractivity contribution is 6.24. The Morgan fingerprint density at radius 3 is 2.33 bits per heavy atom. The SMILES string of the molecule is CN(CCF)Cc1cc(O)c2c(c1C(F)(F)F)C[C@H]1C[C@H]3[C@H](N(C)C)C(=O)C(C(N)=O)=C(O)[C@@]3(O)C(=O)C1=C2O. The second kappa shape index (κ2) is 9.85. The lowest BCUT2D eigenvalue weighted by Gasteiger charge is -2.50. The third-order valence-corrected chi connectivity index (χ3v) is 8.00. The lowest BCUT2D eigenvalue weighted by Crippen LogP contribution is -2.65. The number of nitrogens with zero attached hydrogens (tertiary/aromatic N) is 2. The summed E-state index contributed by atoms with van der Waals surface area (Å²) in [7, 11) is 4.22. The van der Waals surface area contributed by atoms with Gasteiger partial charge < -0.3 is 26.2 Å². The van der Waals surface area contributed by atoms with Crippen molar-refractivity contribution in [3.05, 3.63) is 45.2 Å². The Kier molecular flexibility index (Phi) is 7.27. The Balaban J connectivity index is 1.98. The van der Waals surface area contributed by atoms with Crippen LogP contribution in [0.5, 0.6) is 5.75 Å². The second-order valence-corrected chi connectivity index (χ2v) is 10.7. The van der Waals surface area contributed by atoms with E-state index in [4.69, 9.17) is 5.73 Å². The van der Waals surface area contributed by atoms with E-state index in [-0.39, 0.29) is 25.1 Å². The Bertz CT molecular complexity index is 1370. The van der Waals surface area contributed by atoms with Gasteiger partial charge in [-0.2, -0.15) is 13.2 Å². The van der Waals surface area contributed by atoms with Crippen LogP contribution >= 0.6 is 0 Å². The average molecular weight is 572 g/mol. The van der Waals surface area contributed by atoms with Gasteiger partial charge in [0.25, 0.3) is 5.91 Å². The molecule has 1 fully saturated rings. The minimum atomic E-state index is -4.97. The van der Waals surface area contributed by atoms with Crippen molar-refractivity contribution in [1.29, 1.82) is 0 Å². The van der Waals surface area contributed by atoms with E-state index >= 15 is 0 Å². The van der Waals surface area contributed by atoms with Crippen LogP contribution in [0.1, 0.15) is 28.7 Å². The molecule has 3 aliphatic rings. The van der Waals surface area contributed by atoms with E-state index in [0.717, 1.165) is 6.07 Å². The van der Waals surface area contributed by atoms with Gasteiger partial charge >= 0.3 is 6.18 Å². The summed E-state index contributed by atoms with van der Waals surface area (Å²) in [6.07, 6.45) is -5.83. The van der Waals surface area contributed by atoms with E-state index < -0.39 is 105 Å². The summed E-state index contributed by atoms with van der Waals surface area (Å²) in [4.78, 5) is 41.5. The molecule has 1 saturated carbocycles. The molecule has 6 N–H and O–H groups in total. The first kappa shape index (κ1) is 29.5. The molecule has 4 rings (SSSR count). The molecule has 3 aliphatic carbocycles. The molecule has 0 aromatic heterocycles. The van der Waals surface area contributed by atoms with Gasteiger partial charge in [-0.3, -0.25) is 24.2 Å². The highest BCUT2D eigenvalue weighted by Gasteiger charge is 2.64. The van der Waals surface area contributed by atoms with Gasteiger partial charge in [0.1, 0.15) is 29.5 Å². The summed E-state index contributed by atoms with van der Waals surface area (Å²) in [5, 5.41) is 44.3. The van der Waals surface area contributed by atoms with Crippen LogP contribution in [0.15, 0.2) is 23.0 Å². The van der Waals surface area contributed by atoms with Crippen LogP contribution in [0, 0.1) is 11.8 Å². The first-order valence-corrected chi connectivity index (χ1v) is 12.3. The zero-order valence-corrected chi connectivity index (χ0v) is 21.8. The van der Waals surface area contributed by atoms with Gasteiger partial charge in [-0.15, -0.1) is 0 Å². The highest BCUT2D eigenvalue weighted by Crippen LogP contribution is 2.54. The third kappa shape index (κ3) is 4.25. The normalized spacial score (nSPS) is 26.8. The molecule has 218 valence electrons. The summed E-state index contributed by atoms with van der Waals surface area (Å²) in [5.41, 5.74) is -1.89. The average Bonchev–Trinajstić information content (AvgIpc) is 2.80. The second-order valence-electron chi connectivity index (χ2n) is 10.7. The molecule has 0 aliphatic heterocycles. The number of hydrogen-bond acceptors (Lipinski definition) is 9. The van der Waals surface area contributed by atoms with E-state index in [1.807, 2.05) is 0 Å². The first-order valence-electron chi connectivity index (χ1n) is 12.3. The number of alkyl halides is 4. The number of phenols is 1. The largest absolute Gasteiger partial charge is 0.508 e. The highest BCUT2D eigenvalue weighted by atomic mass is 19.4. The monoisotopic (exact) mass is 571 g/mol. The van der Waals surface area contributed by atoms with Crippen LogP contribution in [0.3, 0.4) is 0 Å². The molecule has 0 spiro atoms. The van der Waals surface area contributed by atoms with Crippen molar-refractivity contribution in [3.8, 4) is 5.75 Å². The number of likely N-dealkylation sites (N-methyl/N-ethyl adjacent to an activating group) is 1. The van der Waals surface area contributed by atoms with Gasteiger partial charge in [-0.25, -0.2) is 4.39 Å². The molecule has 1 aromatic rings. The Labute approximate surface area is 226 Å². The molecule has 14 heteroatoms. The number of benzene rings is 1. The van der Waals surface area contributed by atoms with Crippen molar-refractivity contribution in [2.75, 3.05) is 34.4 Å². The molecular formula is C26H29F4N3O7. The quantitative estimate of drug-likeness (QED) is 0.251. The van der Waals surface area contributed by atoms with Gasteiger partial charge in [-0.1, -0.05) is 0 Å². The number of nitrogens with two attached hydrogens (primary N) is 1. The van der Waals surface area contributed by atoms with Crippen molar-refractivity contribution >= 4 is 23.2 Å². The summed E-state index contributed by atoms with van der Waals surface area (Å²) in [6.45, 7) is -1.37. The predicted molar refractivity (Wildman–Crippen MR) is 132 cm³/mol. The fourth-order valence-electron chi connectivity index (χ4n) is 6.38. The molecule has 10 nitrogen and oxygen atoms in total. The molecule has 4 atom stereocenters. The number of fused-ring (bicyclic) bond motifs is 3. The van der Waals surface area contributed by atoms with Crippen LogP contribution in [-0.2, 0) is 33.5 Å². The van der Waals surface area contributed by atoms with E-state index in [2.05, 4.69) is 0 Å². The maximum atomic E-state index is 14.4. The van der Waals surface area contributed by atoms with Gasteiger partial charge in [-0.05, 0) is 57.1 Å². The smallest absolute Gasteiger partial charge is 0.417 e. The van der Waals surface area contributed by atoms with Crippen LogP contribution < -0.4 is 5.73 Å². The number of carbonyl (C=O) groups is 3. The number of halogens is 4. The van der Waals surface area contributed by atoms with Crippen molar-refractivity contribution in [2.24, 2.45) is 17.6 Å². The minimum absolute atomic E-state index is 0.175. The fourth-order valence-corrected chi connectivity index (χ4v) is 6.38. The molecule has 0 radical (unpaired) electrons. The van der Waals surface area contributed by atoms with Gasteiger partial charge in [0.05, 0.1) is 17.2 Å². The number of amides is 1. The van der Waals surface area contributed by atoms with E-state index in [1.165, 1.54) is 30.9 Å². The zero-order valence-electron chi connectivity index (χ0n) is 21.8. The Morgan fingerprint density at radius 2 is 1.80 bits per heavy atom. The molecule has 0 saturated heterocycles. The zero-order chi connectivity index (χ0) is 30.1. The van der Waals surface area contributed by atoms with Crippen LogP contribution in [0.2, 0.25) is 0 Å². The van der Waals surface area contributed by atoms with Gasteiger partial charge in [0, 0.05) is 24.6 Å². The molecule has 1 amide bonds. The van der Waals surface area contributed by atoms with Gasteiger partial charge in [0.2, 0.25) is 5.78 Å². The van der Waals surface area contributed by atoms with Crippen molar-refractivity contribution in [3.63, 3.8) is 0 Å². The van der Waals surface area contributed by atoms with Crippen LogP contribution in [-0.4, -0.2) is 93.7 Å². The van der Waals surface area contributed by atoms with E-state index in [1.54, 1.807) is 0 Å². The summed E-state index contributed by atoms with van der Waals surface area (Å²) in [6, 6.07) is -0.587. The van der Waals surface area contributed by atoms with Gasteiger partial charge in [0.15, 0.2) is 11.4 Å². The molecule has 40 heavy (non-hydrogen) atoms. The minimum Gasteiger partial charge on any atom is -0.508 e. The van der Waals surface area contributed by atoms with Crippen molar-refractivity contribution < 1.29 is 52.4 Å². The van der Waals surface area contributed by atoms with Crippen LogP contribution in [0.25, 0.3) is 5.76 Å². The first-order chi connectivity index (χ1) is 18.5. The van der Waals surface area contributed by atoms with Crippen molar-refractivity contribution in [1.82, 2.24) is 9.80 Å². The molecule has 1 aromatic carbocycles. The summed E-state index contributed by atoms with van der Waals surface area (Å²) in [5.74, 6) is -9.39. The van der Waals surface area contributed by atoms with Crippen molar-refractivity contribution in [2.45, 2.75) is 37.2 Å². The molecule has 0 unspecified atom stereocenters. The number of rotatable bonds is 6. The number of aliphatic hydroxyl groups excluding tert-OH is 2. The summed E-state index contributed by atoms with van der Waals surface area (Å²) >= 11 is 0. The lowest BCUT2D eigenvalue weighted by atomic mass is 9.57. The number of hydrogen-bond donors (Lipinski definition) is 5. The topological polar surface area (TPSA) is 165 Å². The predicted octanol–water partition coefficient (Wildman–Crippen LogP) is 1.38. The lowest BCUT2D eigenvalue weighted by molar-refractivity contribution is -0.153. The summed E-state index contributed by atoms with van der Waals surface area (Å²) < 4.78 is 56.1. The number of ketones is 2.